The lowest BCUT2D eigenvalue weighted by atomic mass is 9.95. The third-order valence-corrected chi connectivity index (χ3v) is 8.21. The van der Waals surface area contributed by atoms with E-state index in [1.165, 1.54) is 30.7 Å². The molecule has 0 saturated heterocycles. The lowest BCUT2D eigenvalue weighted by molar-refractivity contribution is -0.120. The minimum absolute atomic E-state index is 0.0868. The molecule has 1 N–H and O–H groups in total. The number of fused-ring (bicyclic) bond motifs is 2. The predicted octanol–water partition coefficient (Wildman–Crippen LogP) is 4.49. The van der Waals surface area contributed by atoms with Crippen LogP contribution in [0.25, 0.3) is 0 Å². The van der Waals surface area contributed by atoms with E-state index >= 15 is 0 Å². The van der Waals surface area contributed by atoms with E-state index in [2.05, 4.69) is 5.32 Å². The molecule has 2 saturated carbocycles. The van der Waals surface area contributed by atoms with Crippen LogP contribution in [0.4, 0.5) is 5.69 Å². The maximum absolute atomic E-state index is 13.3. The summed E-state index contributed by atoms with van der Waals surface area (Å²) in [5, 5.41) is 3.60. The summed E-state index contributed by atoms with van der Waals surface area (Å²) in [5.74, 6) is 0.841. The fraction of sp³-hybridized carbons (Fsp3) is 0.381. The van der Waals surface area contributed by atoms with Crippen molar-refractivity contribution in [2.45, 2.75) is 36.6 Å². The molecule has 154 valence electrons. The summed E-state index contributed by atoms with van der Waals surface area (Å²) in [6.07, 6.45) is 4.47. The minimum atomic E-state index is -4.00. The first-order chi connectivity index (χ1) is 13.8. The van der Waals surface area contributed by atoms with Gasteiger partial charge in [0.25, 0.3) is 10.0 Å². The van der Waals surface area contributed by atoms with E-state index in [0.29, 0.717) is 16.9 Å². The molecular formula is C21H22Cl2N2O3S. The lowest BCUT2D eigenvalue weighted by Crippen LogP contribution is -2.46. The van der Waals surface area contributed by atoms with E-state index in [9.17, 15) is 13.2 Å². The molecule has 5 nitrogen and oxygen atoms in total. The number of nitrogens with one attached hydrogen (secondary N) is 1. The van der Waals surface area contributed by atoms with Gasteiger partial charge in [-0.25, -0.2) is 8.42 Å². The molecule has 0 radical (unpaired) electrons. The van der Waals surface area contributed by atoms with Crippen LogP contribution in [0.2, 0.25) is 10.0 Å². The van der Waals surface area contributed by atoms with Gasteiger partial charge in [-0.2, -0.15) is 0 Å². The number of carbonyl (C=O) groups excluding carboxylic acids is 1. The SMILES string of the molecule is O=C(CN(c1cc(Cl)ccc1Cl)S(=O)(=O)c1ccccc1)N[C@@H]1C[C@@H]2CC[C@H]1C2. The third kappa shape index (κ3) is 4.25. The van der Waals surface area contributed by atoms with Gasteiger partial charge in [0.2, 0.25) is 5.91 Å². The molecule has 29 heavy (non-hydrogen) atoms. The van der Waals surface area contributed by atoms with Gasteiger partial charge >= 0.3 is 0 Å². The van der Waals surface area contributed by atoms with E-state index in [1.54, 1.807) is 24.3 Å². The molecule has 2 fully saturated rings. The minimum Gasteiger partial charge on any atom is -0.352 e. The normalized spacial score (nSPS) is 23.2. The van der Waals surface area contributed by atoms with Crippen LogP contribution in [0.3, 0.4) is 0 Å². The number of nitrogens with zero attached hydrogens (tertiary/aromatic N) is 1. The van der Waals surface area contributed by atoms with E-state index in [-0.39, 0.29) is 34.1 Å². The molecule has 2 aliphatic carbocycles. The number of hydrogen-bond donors (Lipinski definition) is 1. The van der Waals surface area contributed by atoms with Gasteiger partial charge in [-0.1, -0.05) is 47.8 Å². The Labute approximate surface area is 181 Å². The van der Waals surface area contributed by atoms with Crippen molar-refractivity contribution in [2.75, 3.05) is 10.8 Å². The first-order valence-electron chi connectivity index (χ1n) is 9.67. The Kier molecular flexibility index (Phi) is 5.78. The molecule has 2 aromatic carbocycles. The smallest absolute Gasteiger partial charge is 0.264 e. The number of hydrogen-bond acceptors (Lipinski definition) is 3. The molecule has 0 aliphatic heterocycles. The largest absolute Gasteiger partial charge is 0.352 e. The molecule has 0 unspecified atom stereocenters. The van der Waals surface area contributed by atoms with Crippen molar-refractivity contribution in [2.24, 2.45) is 11.8 Å². The third-order valence-electron chi connectivity index (χ3n) is 5.88. The Morgan fingerprint density at radius 1 is 1.07 bits per heavy atom. The van der Waals surface area contributed by atoms with Gasteiger partial charge in [0.1, 0.15) is 6.54 Å². The molecule has 0 aromatic heterocycles. The molecule has 8 heteroatoms. The Hall–Kier alpha value is -1.76. The summed E-state index contributed by atoms with van der Waals surface area (Å²) in [6, 6.07) is 12.7. The fourth-order valence-electron chi connectivity index (χ4n) is 4.50. The van der Waals surface area contributed by atoms with Crippen LogP contribution in [-0.2, 0) is 14.8 Å². The Balaban J connectivity index is 1.63. The van der Waals surface area contributed by atoms with Gasteiger partial charge in [0, 0.05) is 11.1 Å². The molecule has 0 heterocycles. The standard InChI is InChI=1S/C21H22Cl2N2O3S/c22-16-8-9-18(23)20(12-16)25(29(27,28)17-4-2-1-3-5-17)13-21(26)24-19-11-14-6-7-15(19)10-14/h1-5,8-9,12,14-15,19H,6-7,10-11,13H2,(H,24,26)/t14-,15+,19-/m1/s1. The average molecular weight is 453 g/mol. The maximum atomic E-state index is 13.3. The van der Waals surface area contributed by atoms with Gasteiger partial charge in [-0.05, 0) is 61.4 Å². The molecular weight excluding hydrogens is 431 g/mol. The summed E-state index contributed by atoms with van der Waals surface area (Å²) in [7, 11) is -4.00. The van der Waals surface area contributed by atoms with E-state index in [4.69, 9.17) is 23.2 Å². The van der Waals surface area contributed by atoms with Crippen molar-refractivity contribution in [1.29, 1.82) is 0 Å². The second-order valence-corrected chi connectivity index (χ2v) is 10.5. The zero-order valence-corrected chi connectivity index (χ0v) is 18.1. The van der Waals surface area contributed by atoms with Gasteiger partial charge in [-0.15, -0.1) is 0 Å². The molecule has 2 bridgehead atoms. The zero-order chi connectivity index (χ0) is 20.6. The van der Waals surface area contributed by atoms with Crippen molar-refractivity contribution in [3.8, 4) is 0 Å². The summed E-state index contributed by atoms with van der Waals surface area (Å²) < 4.78 is 27.7. The quantitative estimate of drug-likeness (QED) is 0.701. The Morgan fingerprint density at radius 2 is 1.83 bits per heavy atom. The van der Waals surface area contributed by atoms with Crippen LogP contribution >= 0.6 is 23.2 Å². The van der Waals surface area contributed by atoms with Crippen molar-refractivity contribution < 1.29 is 13.2 Å². The van der Waals surface area contributed by atoms with E-state index < -0.39 is 10.0 Å². The predicted molar refractivity (Wildman–Crippen MR) is 115 cm³/mol. The number of anilines is 1. The first-order valence-corrected chi connectivity index (χ1v) is 11.9. The van der Waals surface area contributed by atoms with Gasteiger partial charge < -0.3 is 5.32 Å². The number of sulfonamides is 1. The number of benzene rings is 2. The Bertz CT molecular complexity index is 1010. The maximum Gasteiger partial charge on any atom is 0.264 e. The highest BCUT2D eigenvalue weighted by atomic mass is 35.5. The zero-order valence-electron chi connectivity index (χ0n) is 15.7. The summed E-state index contributed by atoms with van der Waals surface area (Å²) in [4.78, 5) is 12.9. The van der Waals surface area contributed by atoms with E-state index in [0.717, 1.165) is 23.6 Å². The summed E-state index contributed by atoms with van der Waals surface area (Å²) in [6.45, 7) is -0.356. The van der Waals surface area contributed by atoms with E-state index in [1.807, 2.05) is 0 Å². The second-order valence-electron chi connectivity index (χ2n) is 7.77. The van der Waals surface area contributed by atoms with Crippen LogP contribution in [0.15, 0.2) is 53.4 Å². The van der Waals surface area contributed by atoms with Crippen molar-refractivity contribution >= 4 is 44.8 Å². The van der Waals surface area contributed by atoms with Crippen LogP contribution in [0, 0.1) is 11.8 Å². The highest BCUT2D eigenvalue weighted by molar-refractivity contribution is 7.92. The number of rotatable bonds is 6. The summed E-state index contributed by atoms with van der Waals surface area (Å²) in [5.41, 5.74) is 0.186. The molecule has 0 spiro atoms. The highest BCUT2D eigenvalue weighted by Crippen LogP contribution is 2.44. The second kappa shape index (κ2) is 8.17. The summed E-state index contributed by atoms with van der Waals surface area (Å²) >= 11 is 12.4. The average Bonchev–Trinajstić information content (AvgIpc) is 3.32. The molecule has 1 amide bonds. The molecule has 2 aliphatic rings. The number of amides is 1. The fourth-order valence-corrected chi connectivity index (χ4v) is 6.39. The monoisotopic (exact) mass is 452 g/mol. The highest BCUT2D eigenvalue weighted by Gasteiger charge is 2.40. The van der Waals surface area contributed by atoms with Crippen LogP contribution in [-0.4, -0.2) is 26.9 Å². The lowest BCUT2D eigenvalue weighted by Gasteiger charge is -2.27. The molecule has 3 atom stereocenters. The van der Waals surface area contributed by atoms with Crippen LogP contribution < -0.4 is 9.62 Å². The van der Waals surface area contributed by atoms with Crippen LogP contribution in [0.5, 0.6) is 0 Å². The molecule has 2 aromatic rings. The molecule has 4 rings (SSSR count). The topological polar surface area (TPSA) is 66.5 Å². The number of halogens is 2. The van der Waals surface area contributed by atoms with Crippen LogP contribution in [0.1, 0.15) is 25.7 Å². The van der Waals surface area contributed by atoms with Crippen molar-refractivity contribution in [3.63, 3.8) is 0 Å². The number of carbonyl (C=O) groups is 1. The van der Waals surface area contributed by atoms with Crippen molar-refractivity contribution in [1.82, 2.24) is 5.32 Å². The Morgan fingerprint density at radius 3 is 2.48 bits per heavy atom. The van der Waals surface area contributed by atoms with Gasteiger partial charge in [-0.3, -0.25) is 9.10 Å². The van der Waals surface area contributed by atoms with Gasteiger partial charge in [0.15, 0.2) is 0 Å². The first kappa shape index (κ1) is 20.5. The van der Waals surface area contributed by atoms with Gasteiger partial charge in [0.05, 0.1) is 15.6 Å². The van der Waals surface area contributed by atoms with Crippen molar-refractivity contribution in [3.05, 3.63) is 58.6 Å².